The molecule has 2 fully saturated rings. The van der Waals surface area contributed by atoms with Crippen LogP contribution in [0, 0.1) is 11.7 Å². The summed E-state index contributed by atoms with van der Waals surface area (Å²) in [5.41, 5.74) is 6.86. The molecule has 1 amide bonds. The van der Waals surface area contributed by atoms with Crippen molar-refractivity contribution in [1.29, 1.82) is 0 Å². The van der Waals surface area contributed by atoms with Crippen molar-refractivity contribution in [1.82, 2.24) is 24.4 Å². The van der Waals surface area contributed by atoms with Gasteiger partial charge < -0.3 is 21.3 Å². The number of nitrogens with two attached hydrogens (primary N) is 1. The molecule has 0 spiro atoms. The summed E-state index contributed by atoms with van der Waals surface area (Å²) in [6.07, 6.45) is 6.62. The minimum atomic E-state index is -0.584. The molecule has 1 aliphatic carbocycles. The summed E-state index contributed by atoms with van der Waals surface area (Å²) in [5, 5.41) is 6.91. The van der Waals surface area contributed by atoms with Crippen LogP contribution in [0.25, 0.3) is 11.2 Å². The van der Waals surface area contributed by atoms with Crippen LogP contribution in [0.15, 0.2) is 18.3 Å². The highest BCUT2D eigenvalue weighted by Crippen LogP contribution is 2.38. The maximum absolute atomic E-state index is 14.8. The highest BCUT2D eigenvalue weighted by atomic mass is 35.5. The number of primary amides is 1. The number of likely N-dealkylation sites (N-methyl/N-ethyl adjacent to an activating group) is 1. The van der Waals surface area contributed by atoms with Crippen LogP contribution in [0.4, 0.5) is 22.0 Å². The van der Waals surface area contributed by atoms with Crippen LogP contribution >= 0.6 is 23.2 Å². The van der Waals surface area contributed by atoms with Crippen molar-refractivity contribution in [3.8, 4) is 0 Å². The van der Waals surface area contributed by atoms with E-state index in [0.717, 1.165) is 32.5 Å². The summed E-state index contributed by atoms with van der Waals surface area (Å²) < 4.78 is 16.8. The van der Waals surface area contributed by atoms with E-state index in [4.69, 9.17) is 38.9 Å². The Bertz CT molecular complexity index is 1270. The highest BCUT2D eigenvalue weighted by Gasteiger charge is 2.30. The molecule has 37 heavy (non-hydrogen) atoms. The number of benzene rings is 1. The maximum atomic E-state index is 14.8. The van der Waals surface area contributed by atoms with Crippen LogP contribution in [-0.4, -0.2) is 56.0 Å². The summed E-state index contributed by atoms with van der Waals surface area (Å²) in [6.45, 7) is 5.22. The first-order valence-electron chi connectivity index (χ1n) is 12.8. The monoisotopic (exact) mass is 548 g/mol. The molecule has 4 N–H and O–H groups in total. The minimum absolute atomic E-state index is 0.00903. The number of hydrogen-bond donors (Lipinski definition) is 3. The third-order valence-electron chi connectivity index (χ3n) is 7.43. The van der Waals surface area contributed by atoms with E-state index in [2.05, 4.69) is 27.4 Å². The molecule has 1 saturated heterocycles. The smallest absolute Gasteiger partial charge is 0.225 e. The molecule has 2 aliphatic rings. The second-order valence-corrected chi connectivity index (χ2v) is 10.7. The molecule has 3 aromatic rings. The molecule has 3 heterocycles. The number of piperidine rings is 1. The molecular weight excluding hydrogens is 518 g/mol. The first-order chi connectivity index (χ1) is 17.8. The molecule has 0 bridgehead atoms. The number of halogens is 3. The van der Waals surface area contributed by atoms with Gasteiger partial charge in [0, 0.05) is 29.6 Å². The first kappa shape index (κ1) is 25.9. The van der Waals surface area contributed by atoms with Gasteiger partial charge in [0.1, 0.15) is 11.3 Å². The lowest BCUT2D eigenvalue weighted by atomic mass is 9.85. The van der Waals surface area contributed by atoms with Crippen molar-refractivity contribution < 1.29 is 9.18 Å². The number of amides is 1. The SMILES string of the molecule is CCN1CCC[C@@H](Nc2ncc3nc(Nc4c(F)cc(Cl)cc4Cl)n([C@H]4CC[C@@H](C(N)=O)CC4)c3n2)C1. The van der Waals surface area contributed by atoms with E-state index in [0.29, 0.717) is 48.7 Å². The second kappa shape index (κ2) is 11.0. The first-order valence-corrected chi connectivity index (χ1v) is 13.5. The Morgan fingerprint density at radius 2 is 1.97 bits per heavy atom. The van der Waals surface area contributed by atoms with Gasteiger partial charge in [-0.25, -0.2) is 14.4 Å². The maximum Gasteiger partial charge on any atom is 0.225 e. The van der Waals surface area contributed by atoms with Gasteiger partial charge in [-0.1, -0.05) is 30.1 Å². The fourth-order valence-electron chi connectivity index (χ4n) is 5.43. The van der Waals surface area contributed by atoms with Crippen molar-refractivity contribution in [3.05, 3.63) is 34.2 Å². The lowest BCUT2D eigenvalue weighted by molar-refractivity contribution is -0.122. The molecule has 9 nitrogen and oxygen atoms in total. The van der Waals surface area contributed by atoms with Crippen molar-refractivity contribution >= 4 is 57.9 Å². The molecule has 1 aliphatic heterocycles. The van der Waals surface area contributed by atoms with E-state index in [1.54, 1.807) is 6.20 Å². The zero-order valence-corrected chi connectivity index (χ0v) is 22.2. The molecule has 5 rings (SSSR count). The second-order valence-electron chi connectivity index (χ2n) is 9.86. The third-order valence-corrected chi connectivity index (χ3v) is 7.94. The van der Waals surface area contributed by atoms with E-state index in [-0.39, 0.29) is 39.6 Å². The molecule has 1 aromatic carbocycles. The fraction of sp³-hybridized carbons (Fsp3) is 0.520. The number of rotatable bonds is 7. The van der Waals surface area contributed by atoms with Crippen LogP contribution in [0.5, 0.6) is 0 Å². The molecule has 2 aromatic heterocycles. The summed E-state index contributed by atoms with van der Waals surface area (Å²) in [6, 6.07) is 2.93. The molecule has 12 heteroatoms. The Morgan fingerprint density at radius 3 is 2.68 bits per heavy atom. The summed E-state index contributed by atoms with van der Waals surface area (Å²) in [7, 11) is 0. The van der Waals surface area contributed by atoms with E-state index < -0.39 is 5.82 Å². The lowest BCUT2D eigenvalue weighted by Gasteiger charge is -2.32. The Morgan fingerprint density at radius 1 is 1.19 bits per heavy atom. The zero-order chi connectivity index (χ0) is 26.1. The van der Waals surface area contributed by atoms with Crippen LogP contribution in [0.3, 0.4) is 0 Å². The number of hydrogen-bond acceptors (Lipinski definition) is 7. The Labute approximate surface area is 224 Å². The number of carbonyl (C=O) groups excluding carboxylic acids is 1. The van der Waals surface area contributed by atoms with Gasteiger partial charge in [0.15, 0.2) is 5.65 Å². The van der Waals surface area contributed by atoms with Crippen LogP contribution in [0.2, 0.25) is 10.0 Å². The number of aromatic nitrogens is 4. The largest absolute Gasteiger partial charge is 0.369 e. The van der Waals surface area contributed by atoms with E-state index >= 15 is 0 Å². The number of imidazole rings is 1. The average molecular weight is 549 g/mol. The van der Waals surface area contributed by atoms with Gasteiger partial charge in [-0.15, -0.1) is 0 Å². The summed E-state index contributed by atoms with van der Waals surface area (Å²) in [5.74, 6) is -0.0682. The van der Waals surface area contributed by atoms with Gasteiger partial charge in [0.2, 0.25) is 17.8 Å². The van der Waals surface area contributed by atoms with Gasteiger partial charge in [0.25, 0.3) is 0 Å². The molecule has 0 unspecified atom stereocenters. The number of likely N-dealkylation sites (tertiary alicyclic amines) is 1. The normalized spacial score (nSPS) is 22.8. The Balaban J connectivity index is 1.50. The molecule has 1 atom stereocenters. The third kappa shape index (κ3) is 5.61. The van der Waals surface area contributed by atoms with Gasteiger partial charge in [-0.05, 0) is 63.7 Å². The lowest BCUT2D eigenvalue weighted by Crippen LogP contribution is -2.42. The van der Waals surface area contributed by atoms with Crippen molar-refractivity contribution in [2.75, 3.05) is 30.3 Å². The molecular formula is C25H31Cl2FN8O. The summed E-state index contributed by atoms with van der Waals surface area (Å²) in [4.78, 5) is 28.2. The topological polar surface area (TPSA) is 114 Å². The van der Waals surface area contributed by atoms with E-state index in [1.807, 2.05) is 4.57 Å². The summed E-state index contributed by atoms with van der Waals surface area (Å²) >= 11 is 12.3. The Kier molecular flexibility index (Phi) is 7.69. The average Bonchev–Trinajstić information content (AvgIpc) is 3.23. The van der Waals surface area contributed by atoms with Crippen molar-refractivity contribution in [2.45, 2.75) is 57.5 Å². The van der Waals surface area contributed by atoms with Gasteiger partial charge in [-0.2, -0.15) is 4.98 Å². The van der Waals surface area contributed by atoms with Gasteiger partial charge >= 0.3 is 0 Å². The number of nitrogens with zero attached hydrogens (tertiary/aromatic N) is 5. The molecule has 1 saturated carbocycles. The standard InChI is InChI=1S/C25H31Cl2FN8O/c1-2-35-9-3-4-16(13-35)31-24-30-12-20-23(34-24)36(17-7-5-14(6-8-17)22(29)37)25(32-20)33-21-18(27)10-15(26)11-19(21)28/h10-12,14,16-17H,2-9,13H2,1H3,(H2,29,37)(H,32,33)(H,30,31,34)/t14-,16-,17+/m1/s1. The number of fused-ring (bicyclic) bond motifs is 1. The zero-order valence-electron chi connectivity index (χ0n) is 20.7. The molecule has 198 valence electrons. The van der Waals surface area contributed by atoms with Crippen LogP contribution < -0.4 is 16.4 Å². The fourth-order valence-corrected chi connectivity index (χ4v) is 5.95. The quantitative estimate of drug-likeness (QED) is 0.375. The molecule has 0 radical (unpaired) electrons. The van der Waals surface area contributed by atoms with Gasteiger partial charge in [0.05, 0.1) is 16.9 Å². The predicted octanol–water partition coefficient (Wildman–Crippen LogP) is 5.13. The number of nitrogens with one attached hydrogen (secondary N) is 2. The van der Waals surface area contributed by atoms with Crippen molar-refractivity contribution in [3.63, 3.8) is 0 Å². The van der Waals surface area contributed by atoms with Crippen LogP contribution in [-0.2, 0) is 4.79 Å². The number of anilines is 3. The number of carbonyl (C=O) groups is 1. The van der Waals surface area contributed by atoms with Crippen LogP contribution in [0.1, 0.15) is 51.5 Å². The van der Waals surface area contributed by atoms with Crippen molar-refractivity contribution in [2.24, 2.45) is 11.7 Å². The highest BCUT2D eigenvalue weighted by molar-refractivity contribution is 6.36. The van der Waals surface area contributed by atoms with E-state index in [9.17, 15) is 9.18 Å². The minimum Gasteiger partial charge on any atom is -0.369 e. The van der Waals surface area contributed by atoms with E-state index in [1.165, 1.54) is 12.1 Å². The Hall–Kier alpha value is -2.69. The predicted molar refractivity (Wildman–Crippen MR) is 144 cm³/mol. The van der Waals surface area contributed by atoms with Gasteiger partial charge in [-0.3, -0.25) is 9.36 Å².